The Morgan fingerprint density at radius 1 is 0.386 bits per heavy atom. The Balaban J connectivity index is -0.000000422. The minimum Gasteiger partial charge on any atom is -0.428 e. The Labute approximate surface area is 505 Å². The van der Waals surface area contributed by atoms with Gasteiger partial charge in [0.05, 0.1) is 0 Å². The molecule has 5 heteroatoms. The molecule has 0 spiro atoms. The van der Waals surface area contributed by atoms with Crippen LogP contribution >= 0.6 is 0 Å². The van der Waals surface area contributed by atoms with Crippen LogP contribution in [0.4, 0.5) is 13.2 Å². The molecule has 0 atom stereocenters. The lowest BCUT2D eigenvalue weighted by Crippen LogP contribution is -2.06. The van der Waals surface area contributed by atoms with Crippen LogP contribution in [0.5, 0.6) is 11.5 Å². The number of hydrogen-bond donors (Lipinski definition) is 0. The average molecular weight is 1130 g/mol. The molecule has 0 bridgehead atoms. The summed E-state index contributed by atoms with van der Waals surface area (Å²) >= 11 is 0. The standard InChI is InChI=1S/C14H10.C8H5F3O.C8H6O.2C8H8.C8H6.6C4H10/c1-3-7-13(8-4-1)11-12-14-9-5-2-6-10-14;9-7(10)8(11)12-6-4-2-1-3-5-6;1-2-9-8-6-4-3-5-7-8;1-2-4-8-6-5-7(8)3-1;2*1-2-8-6-4-3-5-7-8;6*1-4(2)3/h1-10H;1-5H;1,3-7H;1-4H,5-6H2;2-7H,1H2;1,3-7H;6*4H,1-3H3. The van der Waals surface area contributed by atoms with Crippen LogP contribution in [0.3, 0.4) is 0 Å². The molecule has 0 amide bonds. The molecule has 0 unspecified atom stereocenters. The first-order valence-corrected chi connectivity index (χ1v) is 28.8. The van der Waals surface area contributed by atoms with Gasteiger partial charge in [-0.1, -0.05) is 307 Å². The molecule has 7 aromatic carbocycles. The van der Waals surface area contributed by atoms with Gasteiger partial charge in [-0.15, -0.1) is 6.42 Å². The van der Waals surface area contributed by atoms with Crippen LogP contribution in [-0.2, 0) is 12.8 Å². The Morgan fingerprint density at radius 3 is 0.855 bits per heavy atom. The van der Waals surface area contributed by atoms with E-state index in [1.807, 2.05) is 146 Å². The second-order valence-corrected chi connectivity index (χ2v) is 22.3. The molecular weight excluding hydrogens is 1030 g/mol. The van der Waals surface area contributed by atoms with E-state index in [2.05, 4.69) is 184 Å². The third-order valence-electron chi connectivity index (χ3n) is 7.68. The predicted octanol–water partition coefficient (Wildman–Crippen LogP) is 23.6. The summed E-state index contributed by atoms with van der Waals surface area (Å²) in [5, 5.41) is 0. The Bertz CT molecular complexity index is 2550. The van der Waals surface area contributed by atoms with E-state index < -0.39 is 12.1 Å². The van der Waals surface area contributed by atoms with Crippen molar-refractivity contribution in [1.82, 2.24) is 0 Å². The van der Waals surface area contributed by atoms with Crippen molar-refractivity contribution in [3.05, 3.63) is 258 Å². The second kappa shape index (κ2) is 57.3. The van der Waals surface area contributed by atoms with Crippen molar-refractivity contribution >= 4 is 6.08 Å². The molecule has 0 heterocycles. The van der Waals surface area contributed by atoms with Gasteiger partial charge in [-0.25, -0.2) is 0 Å². The smallest absolute Gasteiger partial charge is 0.344 e. The molecular formula is C78H103F3O2. The summed E-state index contributed by atoms with van der Waals surface area (Å²) in [7, 11) is 0. The van der Waals surface area contributed by atoms with Gasteiger partial charge in [0.2, 0.25) is 0 Å². The van der Waals surface area contributed by atoms with Crippen molar-refractivity contribution in [3.63, 3.8) is 0 Å². The molecule has 83 heavy (non-hydrogen) atoms. The van der Waals surface area contributed by atoms with E-state index in [1.165, 1.54) is 30.5 Å². The quantitative estimate of drug-likeness (QED) is 0.129. The summed E-state index contributed by atoms with van der Waals surface area (Å²) in [5.74, 6) is 14.5. The van der Waals surface area contributed by atoms with Crippen LogP contribution in [0, 0.1) is 72.2 Å². The Kier molecular flexibility index (Phi) is 56.3. The largest absolute Gasteiger partial charge is 0.428 e. The van der Waals surface area contributed by atoms with Crippen molar-refractivity contribution in [2.75, 3.05) is 0 Å². The summed E-state index contributed by atoms with van der Waals surface area (Å²) in [6.45, 7) is 42.6. The predicted molar refractivity (Wildman–Crippen MR) is 360 cm³/mol. The first-order chi connectivity index (χ1) is 39.3. The fourth-order valence-electron chi connectivity index (χ4n) is 4.64. The Morgan fingerprint density at radius 2 is 0.639 bits per heavy atom. The van der Waals surface area contributed by atoms with Gasteiger partial charge < -0.3 is 9.47 Å². The number of terminal acetylenes is 2. The molecule has 0 saturated heterocycles. The molecule has 448 valence electrons. The number of halogens is 3. The lowest BCUT2D eigenvalue weighted by atomic mass is 9.89. The molecule has 2 nitrogen and oxygen atoms in total. The lowest BCUT2D eigenvalue weighted by molar-refractivity contribution is 0.241. The highest BCUT2D eigenvalue weighted by Gasteiger charge is 2.09. The fraction of sp³-hybridized carbons (Fsp3) is 0.333. The highest BCUT2D eigenvalue weighted by molar-refractivity contribution is 5.46. The first-order valence-electron chi connectivity index (χ1n) is 28.8. The van der Waals surface area contributed by atoms with Crippen LogP contribution in [0.2, 0.25) is 0 Å². The van der Waals surface area contributed by atoms with Crippen LogP contribution < -0.4 is 9.47 Å². The lowest BCUT2D eigenvalue weighted by Gasteiger charge is -2.16. The summed E-state index contributed by atoms with van der Waals surface area (Å²) in [6.07, 6.45) is 14.0. The topological polar surface area (TPSA) is 18.5 Å². The maximum Gasteiger partial charge on any atom is 0.344 e. The minimum absolute atomic E-state index is 0.0443. The molecule has 0 aliphatic heterocycles. The van der Waals surface area contributed by atoms with Crippen molar-refractivity contribution in [1.29, 1.82) is 0 Å². The number of rotatable bonds is 4. The molecule has 0 fully saturated rings. The third-order valence-corrected chi connectivity index (χ3v) is 7.68. The highest BCUT2D eigenvalue weighted by atomic mass is 19.3. The van der Waals surface area contributed by atoms with Gasteiger partial charge in [0.25, 0.3) is 0 Å². The summed E-state index contributed by atoms with van der Waals surface area (Å²) in [5.41, 5.74) is 7.31. The maximum absolute atomic E-state index is 12.1. The van der Waals surface area contributed by atoms with Crippen LogP contribution in [-0.4, -0.2) is 0 Å². The number of fused-ring (bicyclic) bond motifs is 1. The summed E-state index contributed by atoms with van der Waals surface area (Å²) < 4.78 is 44.0. The molecule has 0 N–H and O–H groups in total. The van der Waals surface area contributed by atoms with E-state index in [0.29, 0.717) is 5.75 Å². The summed E-state index contributed by atoms with van der Waals surface area (Å²) in [4.78, 5) is 0. The van der Waals surface area contributed by atoms with E-state index in [0.717, 1.165) is 52.2 Å². The summed E-state index contributed by atoms with van der Waals surface area (Å²) in [6, 6.07) is 63.2. The third kappa shape index (κ3) is 66.5. The zero-order valence-corrected chi connectivity index (χ0v) is 53.9. The van der Waals surface area contributed by atoms with Crippen molar-refractivity contribution in [2.24, 2.45) is 35.5 Å². The van der Waals surface area contributed by atoms with Gasteiger partial charge >= 0.3 is 12.1 Å². The molecule has 0 radical (unpaired) electrons. The number of benzene rings is 7. The molecule has 0 saturated carbocycles. The van der Waals surface area contributed by atoms with E-state index >= 15 is 0 Å². The zero-order chi connectivity index (χ0) is 63.6. The zero-order valence-electron chi connectivity index (χ0n) is 53.9. The Hall–Kier alpha value is -7.91. The van der Waals surface area contributed by atoms with Gasteiger partial charge in [-0.3, -0.25) is 0 Å². The molecule has 7 aromatic rings. The normalized spacial score (nSPS) is 9.27. The van der Waals surface area contributed by atoms with Crippen molar-refractivity contribution in [3.8, 4) is 48.2 Å². The van der Waals surface area contributed by atoms with E-state index in [9.17, 15) is 13.2 Å². The first kappa shape index (κ1) is 81.6. The van der Waals surface area contributed by atoms with Crippen LogP contribution in [0.25, 0.3) is 6.08 Å². The number of aryl methyl sites for hydroxylation is 2. The SMILES string of the molecule is C#COc1ccccc1.C#Cc1ccccc1.C(#Cc1ccccc1)c1ccccc1.C=Cc1ccccc1.CC(C)C.CC(C)C.CC(C)C.CC(C)C.CC(C)C.CC(C)C.FC(F)=C(F)Oc1ccccc1.c1ccc2c(c1)CC2. The number of hydrogen-bond acceptors (Lipinski definition) is 2. The van der Waals surface area contributed by atoms with Gasteiger partial charge in [0.15, 0.2) is 0 Å². The fourth-order valence-corrected chi connectivity index (χ4v) is 4.64. The molecule has 8 rings (SSSR count). The number of para-hydroxylation sites is 2. The minimum atomic E-state index is -2.46. The van der Waals surface area contributed by atoms with Crippen molar-refractivity contribution in [2.45, 2.75) is 137 Å². The van der Waals surface area contributed by atoms with Crippen LogP contribution in [0.1, 0.15) is 158 Å². The molecule has 1 aliphatic rings. The van der Waals surface area contributed by atoms with Gasteiger partial charge in [0, 0.05) is 16.7 Å². The molecule has 1 aliphatic carbocycles. The number of ether oxygens (including phenoxy) is 2. The van der Waals surface area contributed by atoms with Crippen LogP contribution in [0.15, 0.2) is 225 Å². The van der Waals surface area contributed by atoms with Gasteiger partial charge in [0.1, 0.15) is 17.6 Å². The average Bonchev–Trinajstić information content (AvgIpc) is 3.44. The van der Waals surface area contributed by atoms with E-state index in [1.54, 1.807) is 41.5 Å². The van der Waals surface area contributed by atoms with Crippen molar-refractivity contribution < 1.29 is 22.6 Å². The highest BCUT2D eigenvalue weighted by Crippen LogP contribution is 2.21. The maximum atomic E-state index is 12.1. The van der Waals surface area contributed by atoms with Gasteiger partial charge in [-0.2, -0.15) is 13.2 Å². The van der Waals surface area contributed by atoms with E-state index in [4.69, 9.17) is 17.6 Å². The molecule has 0 aromatic heterocycles. The van der Waals surface area contributed by atoms with Gasteiger partial charge in [-0.05, 0) is 126 Å². The van der Waals surface area contributed by atoms with E-state index in [-0.39, 0.29) is 5.75 Å². The second-order valence-electron chi connectivity index (χ2n) is 22.3. The monoisotopic (exact) mass is 1130 g/mol.